The molecule has 5 heteroatoms. The Morgan fingerprint density at radius 3 is 2.60 bits per heavy atom. The highest BCUT2D eigenvalue weighted by Crippen LogP contribution is 2.51. The molecule has 0 aromatic carbocycles. The normalized spacial score (nSPS) is 39.4. The second-order valence-electron chi connectivity index (χ2n) is 11.0. The molecule has 7 atom stereocenters. The second-order valence-corrected chi connectivity index (χ2v) is 11.0. The first-order valence-electron chi connectivity index (χ1n) is 12.1. The molecule has 7 unspecified atom stereocenters. The fourth-order valence-corrected chi connectivity index (χ4v) is 6.49. The smallest absolute Gasteiger partial charge is 0.411 e. The highest BCUT2D eigenvalue weighted by Gasteiger charge is 2.50. The minimum Gasteiger partial charge on any atom is -0.465 e. The van der Waals surface area contributed by atoms with Gasteiger partial charge in [0, 0.05) is 12.0 Å². The first-order valence-corrected chi connectivity index (χ1v) is 12.1. The molecule has 0 aromatic rings. The van der Waals surface area contributed by atoms with Crippen molar-refractivity contribution in [2.24, 2.45) is 29.6 Å². The third-order valence-corrected chi connectivity index (χ3v) is 7.86. The number of allylic oxidation sites excluding steroid dienone is 1. The maximum absolute atomic E-state index is 12.9. The van der Waals surface area contributed by atoms with Crippen LogP contribution in [0.4, 0.5) is 4.79 Å². The Morgan fingerprint density at radius 2 is 1.83 bits per heavy atom. The highest BCUT2D eigenvalue weighted by molar-refractivity contribution is 5.75. The number of piperidine rings is 1. The molecular weight excluding hydrogens is 378 g/mol. The van der Waals surface area contributed by atoms with Crippen LogP contribution in [-0.2, 0) is 14.3 Å². The SMILES string of the molecule is CC1CCCC(C=CC2C3CCCCC3CC3C(=O)OCC32)N1C(=O)OC(C)(C)C. The topological polar surface area (TPSA) is 55.8 Å². The van der Waals surface area contributed by atoms with Crippen LogP contribution in [-0.4, -0.2) is 41.3 Å². The quantitative estimate of drug-likeness (QED) is 0.450. The number of likely N-dealkylation sites (tertiary alicyclic amines) is 1. The van der Waals surface area contributed by atoms with E-state index in [-0.39, 0.29) is 30.1 Å². The minimum absolute atomic E-state index is 0.0177. The van der Waals surface area contributed by atoms with Gasteiger partial charge in [-0.25, -0.2) is 4.79 Å². The lowest BCUT2D eigenvalue weighted by atomic mass is 9.58. The van der Waals surface area contributed by atoms with Gasteiger partial charge in [0.25, 0.3) is 0 Å². The summed E-state index contributed by atoms with van der Waals surface area (Å²) in [5, 5.41) is 0. The van der Waals surface area contributed by atoms with Crippen LogP contribution in [0.3, 0.4) is 0 Å². The molecule has 1 amide bonds. The van der Waals surface area contributed by atoms with Crippen molar-refractivity contribution < 1.29 is 19.1 Å². The van der Waals surface area contributed by atoms with Crippen LogP contribution in [0.2, 0.25) is 0 Å². The summed E-state index contributed by atoms with van der Waals surface area (Å²) in [7, 11) is 0. The van der Waals surface area contributed by atoms with Crippen LogP contribution in [0.15, 0.2) is 12.2 Å². The summed E-state index contributed by atoms with van der Waals surface area (Å²) in [5.41, 5.74) is -0.490. The summed E-state index contributed by atoms with van der Waals surface area (Å²) in [5.74, 6) is 2.09. The molecule has 168 valence electrons. The molecule has 2 aliphatic carbocycles. The average Bonchev–Trinajstić information content (AvgIpc) is 3.04. The Labute approximate surface area is 181 Å². The molecular formula is C25H39NO4. The van der Waals surface area contributed by atoms with Crippen molar-refractivity contribution in [1.29, 1.82) is 0 Å². The lowest BCUT2D eigenvalue weighted by molar-refractivity contribution is -0.142. The van der Waals surface area contributed by atoms with Gasteiger partial charge in [-0.1, -0.05) is 31.4 Å². The van der Waals surface area contributed by atoms with Gasteiger partial charge in [0.1, 0.15) is 5.60 Å². The van der Waals surface area contributed by atoms with Gasteiger partial charge in [-0.3, -0.25) is 9.69 Å². The fourth-order valence-electron chi connectivity index (χ4n) is 6.49. The Balaban J connectivity index is 1.54. The molecule has 0 N–H and O–H groups in total. The van der Waals surface area contributed by atoms with Crippen LogP contribution in [0.5, 0.6) is 0 Å². The highest BCUT2D eigenvalue weighted by atomic mass is 16.6. The van der Waals surface area contributed by atoms with Crippen LogP contribution < -0.4 is 0 Å². The molecule has 0 aromatic heterocycles. The molecule has 5 nitrogen and oxygen atoms in total. The van der Waals surface area contributed by atoms with E-state index in [9.17, 15) is 9.59 Å². The van der Waals surface area contributed by atoms with E-state index in [0.717, 1.165) is 25.7 Å². The molecule has 30 heavy (non-hydrogen) atoms. The van der Waals surface area contributed by atoms with E-state index in [1.165, 1.54) is 25.7 Å². The van der Waals surface area contributed by atoms with Gasteiger partial charge in [-0.05, 0) is 77.6 Å². The van der Waals surface area contributed by atoms with Crippen molar-refractivity contribution in [1.82, 2.24) is 4.90 Å². The van der Waals surface area contributed by atoms with E-state index in [0.29, 0.717) is 30.3 Å². The Hall–Kier alpha value is -1.52. The molecule has 2 aliphatic heterocycles. The van der Waals surface area contributed by atoms with E-state index in [2.05, 4.69) is 19.1 Å². The van der Waals surface area contributed by atoms with Gasteiger partial charge in [-0.2, -0.15) is 0 Å². The number of fused-ring (bicyclic) bond motifs is 2. The van der Waals surface area contributed by atoms with E-state index in [1.54, 1.807) is 0 Å². The van der Waals surface area contributed by atoms with E-state index in [4.69, 9.17) is 9.47 Å². The van der Waals surface area contributed by atoms with Gasteiger partial charge >= 0.3 is 12.1 Å². The number of hydrogen-bond donors (Lipinski definition) is 0. The molecule has 0 bridgehead atoms. The number of ether oxygens (including phenoxy) is 2. The van der Waals surface area contributed by atoms with Crippen molar-refractivity contribution in [3.63, 3.8) is 0 Å². The van der Waals surface area contributed by atoms with Gasteiger partial charge in [0.05, 0.1) is 18.6 Å². The predicted octanol–water partition coefficient (Wildman–Crippen LogP) is 5.34. The first-order chi connectivity index (χ1) is 14.2. The van der Waals surface area contributed by atoms with Crippen molar-refractivity contribution in [2.45, 2.75) is 96.7 Å². The Bertz CT molecular complexity index is 681. The summed E-state index contributed by atoms with van der Waals surface area (Å²) in [4.78, 5) is 27.2. The number of carbonyl (C=O) groups excluding carboxylic acids is 2. The van der Waals surface area contributed by atoms with Crippen molar-refractivity contribution in [3.8, 4) is 0 Å². The zero-order chi connectivity index (χ0) is 21.5. The molecule has 4 aliphatic rings. The zero-order valence-corrected chi connectivity index (χ0v) is 19.1. The summed E-state index contributed by atoms with van der Waals surface area (Å²) >= 11 is 0. The second kappa shape index (κ2) is 8.55. The monoisotopic (exact) mass is 417 g/mol. The van der Waals surface area contributed by atoms with Gasteiger partial charge in [0.2, 0.25) is 0 Å². The third kappa shape index (κ3) is 4.40. The molecule has 2 saturated heterocycles. The lowest BCUT2D eigenvalue weighted by Gasteiger charge is -2.45. The molecule has 4 fully saturated rings. The van der Waals surface area contributed by atoms with E-state index in [1.807, 2.05) is 25.7 Å². The van der Waals surface area contributed by atoms with Crippen LogP contribution in [0.25, 0.3) is 0 Å². The maximum Gasteiger partial charge on any atom is 0.411 e. The number of esters is 1. The van der Waals surface area contributed by atoms with Gasteiger partial charge in [-0.15, -0.1) is 0 Å². The van der Waals surface area contributed by atoms with E-state index >= 15 is 0 Å². The lowest BCUT2D eigenvalue weighted by Crippen LogP contribution is -2.50. The number of cyclic esters (lactones) is 1. The minimum atomic E-state index is -0.490. The van der Waals surface area contributed by atoms with Crippen LogP contribution in [0.1, 0.15) is 79.1 Å². The molecule has 2 heterocycles. The van der Waals surface area contributed by atoms with Crippen LogP contribution >= 0.6 is 0 Å². The van der Waals surface area contributed by atoms with Crippen molar-refractivity contribution >= 4 is 12.1 Å². The average molecular weight is 418 g/mol. The number of carbonyl (C=O) groups is 2. The van der Waals surface area contributed by atoms with Crippen LogP contribution in [0, 0.1) is 29.6 Å². The molecule has 2 saturated carbocycles. The number of rotatable bonds is 2. The van der Waals surface area contributed by atoms with E-state index < -0.39 is 5.60 Å². The largest absolute Gasteiger partial charge is 0.465 e. The van der Waals surface area contributed by atoms with Gasteiger partial charge < -0.3 is 9.47 Å². The Kier molecular flexibility index (Phi) is 6.18. The maximum atomic E-state index is 12.9. The van der Waals surface area contributed by atoms with Gasteiger partial charge in [0.15, 0.2) is 0 Å². The number of hydrogen-bond acceptors (Lipinski definition) is 4. The summed E-state index contributed by atoms with van der Waals surface area (Å²) in [6.07, 6.45) is 13.6. The summed E-state index contributed by atoms with van der Waals surface area (Å²) in [6.45, 7) is 8.46. The van der Waals surface area contributed by atoms with Crippen molar-refractivity contribution in [2.75, 3.05) is 6.61 Å². The summed E-state index contributed by atoms with van der Waals surface area (Å²) < 4.78 is 11.2. The molecule has 0 radical (unpaired) electrons. The predicted molar refractivity (Wildman–Crippen MR) is 116 cm³/mol. The molecule has 4 rings (SSSR count). The van der Waals surface area contributed by atoms with Crippen molar-refractivity contribution in [3.05, 3.63) is 12.2 Å². The standard InChI is InChI=1S/C25H39NO4/c1-16-8-7-10-18(26(16)24(28)30-25(2,3)4)12-13-20-19-11-6-5-9-17(19)14-21-22(20)15-29-23(21)27/h12-13,16-22H,5-11,14-15H2,1-4H3. The number of amides is 1. The first kappa shape index (κ1) is 21.7. The zero-order valence-electron chi connectivity index (χ0n) is 19.1. The third-order valence-electron chi connectivity index (χ3n) is 7.86. The Morgan fingerprint density at radius 1 is 1.07 bits per heavy atom. The fraction of sp³-hybridized carbons (Fsp3) is 0.840. The summed E-state index contributed by atoms with van der Waals surface area (Å²) in [6, 6.07) is 0.255. The molecule has 0 spiro atoms. The number of nitrogens with zero attached hydrogens (tertiary/aromatic N) is 1.